The van der Waals surface area contributed by atoms with Crippen molar-refractivity contribution >= 4 is 40.9 Å². The highest BCUT2D eigenvalue weighted by molar-refractivity contribution is 7.80. The van der Waals surface area contributed by atoms with Crippen molar-refractivity contribution in [1.82, 2.24) is 10.3 Å². The number of carbonyl (C=O) groups is 2. The van der Waals surface area contributed by atoms with E-state index in [4.69, 9.17) is 0 Å². The van der Waals surface area contributed by atoms with Crippen molar-refractivity contribution in [2.45, 2.75) is 44.9 Å². The molecule has 1 fully saturated rings. The Bertz CT molecular complexity index is 485. The summed E-state index contributed by atoms with van der Waals surface area (Å²) >= 11 is 5.51. The van der Waals surface area contributed by atoms with Crippen LogP contribution in [0.2, 0.25) is 0 Å². The standard InChI is InChI=1S/C15H23N3O2S2/c19-12(16-6-8-21)10-15(4-2-1-3-5-15)11-13(20)18-14-17-7-9-22-14/h7,9,21H,1-6,8,10-11H2,(H,16,19)(H,17,18,20). The number of nitrogens with zero attached hydrogens (tertiary/aromatic N) is 1. The molecule has 1 heterocycles. The van der Waals surface area contributed by atoms with Crippen molar-refractivity contribution in [3.8, 4) is 0 Å². The second-order valence-corrected chi connectivity index (χ2v) is 7.21. The van der Waals surface area contributed by atoms with E-state index < -0.39 is 0 Å². The van der Waals surface area contributed by atoms with E-state index in [1.165, 1.54) is 17.8 Å². The van der Waals surface area contributed by atoms with Crippen molar-refractivity contribution < 1.29 is 9.59 Å². The average Bonchev–Trinajstić information content (AvgIpc) is 2.98. The van der Waals surface area contributed by atoms with Crippen LogP contribution in [0.25, 0.3) is 0 Å². The van der Waals surface area contributed by atoms with E-state index in [2.05, 4.69) is 28.2 Å². The number of hydrogen-bond acceptors (Lipinski definition) is 5. The molecule has 122 valence electrons. The predicted octanol–water partition coefficient (Wildman–Crippen LogP) is 2.86. The number of nitrogens with one attached hydrogen (secondary N) is 2. The molecule has 0 unspecified atom stereocenters. The minimum absolute atomic E-state index is 0.0259. The Labute approximate surface area is 140 Å². The third kappa shape index (κ3) is 5.28. The van der Waals surface area contributed by atoms with Crippen LogP contribution in [-0.4, -0.2) is 29.1 Å². The van der Waals surface area contributed by atoms with Crippen LogP contribution < -0.4 is 10.6 Å². The summed E-state index contributed by atoms with van der Waals surface area (Å²) in [5.41, 5.74) is -0.208. The third-order valence-electron chi connectivity index (χ3n) is 4.10. The number of rotatable bonds is 7. The second-order valence-electron chi connectivity index (χ2n) is 5.87. The molecule has 0 radical (unpaired) electrons. The van der Waals surface area contributed by atoms with Crippen molar-refractivity contribution in [1.29, 1.82) is 0 Å². The van der Waals surface area contributed by atoms with Crippen molar-refractivity contribution in [3.05, 3.63) is 11.6 Å². The highest BCUT2D eigenvalue weighted by Gasteiger charge is 2.36. The van der Waals surface area contributed by atoms with Gasteiger partial charge in [-0.05, 0) is 18.3 Å². The fourth-order valence-electron chi connectivity index (χ4n) is 3.11. The summed E-state index contributed by atoms with van der Waals surface area (Å²) in [6.45, 7) is 0.573. The lowest BCUT2D eigenvalue weighted by Gasteiger charge is -2.36. The average molecular weight is 342 g/mol. The first-order chi connectivity index (χ1) is 10.6. The molecule has 2 amide bonds. The van der Waals surface area contributed by atoms with Gasteiger partial charge in [0, 0.05) is 36.7 Å². The zero-order valence-corrected chi connectivity index (χ0v) is 14.3. The van der Waals surface area contributed by atoms with E-state index in [0.717, 1.165) is 25.7 Å². The fourth-order valence-corrected chi connectivity index (χ4v) is 3.76. The van der Waals surface area contributed by atoms with Crippen LogP contribution in [0.3, 0.4) is 0 Å². The Morgan fingerprint density at radius 3 is 2.59 bits per heavy atom. The van der Waals surface area contributed by atoms with Crippen LogP contribution in [0, 0.1) is 5.41 Å². The van der Waals surface area contributed by atoms with Gasteiger partial charge in [0.2, 0.25) is 11.8 Å². The van der Waals surface area contributed by atoms with Crippen molar-refractivity contribution in [3.63, 3.8) is 0 Å². The van der Waals surface area contributed by atoms with Gasteiger partial charge < -0.3 is 10.6 Å². The van der Waals surface area contributed by atoms with Crippen molar-refractivity contribution in [2.75, 3.05) is 17.6 Å². The zero-order valence-electron chi connectivity index (χ0n) is 12.6. The Morgan fingerprint density at radius 1 is 1.23 bits per heavy atom. The summed E-state index contributed by atoms with van der Waals surface area (Å²) < 4.78 is 0. The van der Waals surface area contributed by atoms with E-state index in [1.54, 1.807) is 6.20 Å². The quantitative estimate of drug-likeness (QED) is 0.668. The minimum Gasteiger partial charge on any atom is -0.355 e. The minimum atomic E-state index is -0.208. The van der Waals surface area contributed by atoms with Crippen LogP contribution in [0.15, 0.2) is 11.6 Å². The van der Waals surface area contributed by atoms with E-state index in [9.17, 15) is 9.59 Å². The van der Waals surface area contributed by atoms with E-state index in [1.807, 2.05) is 5.38 Å². The van der Waals surface area contributed by atoms with Crippen LogP contribution in [-0.2, 0) is 9.59 Å². The molecule has 0 bridgehead atoms. The molecule has 1 aromatic rings. The molecule has 22 heavy (non-hydrogen) atoms. The van der Waals surface area contributed by atoms with Gasteiger partial charge in [-0.25, -0.2) is 4.98 Å². The Kier molecular flexibility index (Phi) is 6.70. The maximum atomic E-state index is 12.3. The highest BCUT2D eigenvalue weighted by atomic mass is 32.1. The Morgan fingerprint density at radius 2 is 1.95 bits per heavy atom. The lowest BCUT2D eigenvalue weighted by molar-refractivity contribution is -0.125. The Hall–Kier alpha value is -1.08. The zero-order chi connectivity index (χ0) is 15.8. The SMILES string of the molecule is O=C(CC1(CC(=O)Nc2nccs2)CCCCC1)NCCS. The van der Waals surface area contributed by atoms with Crippen LogP contribution >= 0.6 is 24.0 Å². The van der Waals surface area contributed by atoms with Crippen molar-refractivity contribution in [2.24, 2.45) is 5.41 Å². The first-order valence-corrected chi connectivity index (χ1v) is 9.22. The van der Waals surface area contributed by atoms with Crippen LogP contribution in [0.5, 0.6) is 0 Å². The van der Waals surface area contributed by atoms with Gasteiger partial charge in [-0.1, -0.05) is 19.3 Å². The number of amides is 2. The number of hydrogen-bond donors (Lipinski definition) is 3. The molecule has 1 aromatic heterocycles. The van der Waals surface area contributed by atoms with Gasteiger partial charge in [0.1, 0.15) is 0 Å². The first kappa shape index (κ1) is 17.3. The number of carbonyl (C=O) groups excluding carboxylic acids is 2. The van der Waals surface area contributed by atoms with Gasteiger partial charge in [-0.3, -0.25) is 9.59 Å². The summed E-state index contributed by atoms with van der Waals surface area (Å²) in [5, 5.41) is 8.15. The predicted molar refractivity (Wildman–Crippen MR) is 92.4 cm³/mol. The van der Waals surface area contributed by atoms with Gasteiger partial charge in [0.25, 0.3) is 0 Å². The first-order valence-electron chi connectivity index (χ1n) is 7.70. The molecule has 2 rings (SSSR count). The summed E-state index contributed by atoms with van der Waals surface area (Å²) in [6, 6.07) is 0. The molecule has 7 heteroatoms. The highest BCUT2D eigenvalue weighted by Crippen LogP contribution is 2.42. The van der Waals surface area contributed by atoms with Gasteiger partial charge >= 0.3 is 0 Å². The Balaban J connectivity index is 1.95. The number of thiazole rings is 1. The lowest BCUT2D eigenvalue weighted by Crippen LogP contribution is -2.36. The molecule has 1 aliphatic carbocycles. The van der Waals surface area contributed by atoms with E-state index >= 15 is 0 Å². The summed E-state index contributed by atoms with van der Waals surface area (Å²) in [4.78, 5) is 28.5. The second kappa shape index (κ2) is 8.53. The molecule has 0 aliphatic heterocycles. The molecule has 5 nitrogen and oxygen atoms in total. The monoisotopic (exact) mass is 341 g/mol. The van der Waals surface area contributed by atoms with Gasteiger partial charge in [0.15, 0.2) is 5.13 Å². The maximum absolute atomic E-state index is 12.3. The number of thiol groups is 1. The molecule has 1 saturated carbocycles. The molecular formula is C15H23N3O2S2. The maximum Gasteiger partial charge on any atom is 0.226 e. The summed E-state index contributed by atoms with van der Waals surface area (Å²) in [7, 11) is 0. The third-order valence-corrected chi connectivity index (χ3v) is 5.01. The normalized spacial score (nSPS) is 17.0. The number of aromatic nitrogens is 1. The summed E-state index contributed by atoms with van der Waals surface area (Å²) in [5.74, 6) is 0.611. The molecule has 0 atom stereocenters. The molecule has 2 N–H and O–H groups in total. The lowest BCUT2D eigenvalue weighted by atomic mass is 9.69. The van der Waals surface area contributed by atoms with Gasteiger partial charge in [-0.15, -0.1) is 11.3 Å². The van der Waals surface area contributed by atoms with E-state index in [0.29, 0.717) is 30.3 Å². The van der Waals surface area contributed by atoms with Crippen LogP contribution in [0.1, 0.15) is 44.9 Å². The largest absolute Gasteiger partial charge is 0.355 e. The van der Waals surface area contributed by atoms with E-state index in [-0.39, 0.29) is 17.2 Å². The summed E-state index contributed by atoms with van der Waals surface area (Å²) in [6.07, 6.45) is 7.72. The smallest absolute Gasteiger partial charge is 0.226 e. The fraction of sp³-hybridized carbons (Fsp3) is 0.667. The molecule has 1 aliphatic rings. The molecule has 0 spiro atoms. The van der Waals surface area contributed by atoms with Gasteiger partial charge in [0.05, 0.1) is 0 Å². The van der Waals surface area contributed by atoms with Gasteiger partial charge in [-0.2, -0.15) is 12.6 Å². The molecular weight excluding hydrogens is 318 g/mol. The number of anilines is 1. The molecule has 0 saturated heterocycles. The van der Waals surface area contributed by atoms with Crippen LogP contribution in [0.4, 0.5) is 5.13 Å². The topological polar surface area (TPSA) is 71.1 Å². The molecule has 0 aromatic carbocycles.